The van der Waals surface area contributed by atoms with Crippen LogP contribution < -0.4 is 4.74 Å². The SMILES string of the molecule is FC(F)C(Br)c1cc(Cl)cc2c1OCC2. The van der Waals surface area contributed by atoms with Gasteiger partial charge in [0, 0.05) is 17.0 Å². The minimum absolute atomic E-state index is 0.435. The Balaban J connectivity index is 2.47. The van der Waals surface area contributed by atoms with Crippen LogP contribution in [0.4, 0.5) is 8.78 Å². The Bertz CT molecular complexity index is 384. The van der Waals surface area contributed by atoms with Crippen molar-refractivity contribution in [2.45, 2.75) is 17.7 Å². The predicted molar refractivity (Wildman–Crippen MR) is 58.3 cm³/mol. The highest BCUT2D eigenvalue weighted by molar-refractivity contribution is 9.09. The number of hydrogen-bond acceptors (Lipinski definition) is 1. The lowest BCUT2D eigenvalue weighted by atomic mass is 10.1. The fraction of sp³-hybridized carbons (Fsp3) is 0.400. The van der Waals surface area contributed by atoms with E-state index >= 15 is 0 Å². The van der Waals surface area contributed by atoms with Crippen molar-refractivity contribution in [3.8, 4) is 5.75 Å². The second kappa shape index (κ2) is 4.26. The van der Waals surface area contributed by atoms with Gasteiger partial charge in [-0.05, 0) is 17.7 Å². The number of halogens is 4. The Morgan fingerprint density at radius 3 is 2.80 bits per heavy atom. The molecule has 0 aromatic heterocycles. The van der Waals surface area contributed by atoms with E-state index in [0.29, 0.717) is 22.9 Å². The Labute approximate surface area is 99.5 Å². The summed E-state index contributed by atoms with van der Waals surface area (Å²) in [5, 5.41) is 0.472. The first kappa shape index (κ1) is 11.1. The molecule has 1 unspecified atom stereocenters. The van der Waals surface area contributed by atoms with Crippen LogP contribution in [-0.2, 0) is 6.42 Å². The number of ether oxygens (including phenoxy) is 1. The second-order valence-corrected chi connectivity index (χ2v) is 4.74. The van der Waals surface area contributed by atoms with E-state index in [1.807, 2.05) is 0 Å². The van der Waals surface area contributed by atoms with E-state index in [9.17, 15) is 8.78 Å². The van der Waals surface area contributed by atoms with Crippen LogP contribution in [0.25, 0.3) is 0 Å². The summed E-state index contributed by atoms with van der Waals surface area (Å²) in [7, 11) is 0. The van der Waals surface area contributed by atoms with Gasteiger partial charge >= 0.3 is 0 Å². The molecule has 1 atom stereocenters. The van der Waals surface area contributed by atoms with Crippen LogP contribution in [0.3, 0.4) is 0 Å². The normalized spacial score (nSPS) is 16.3. The van der Waals surface area contributed by atoms with Gasteiger partial charge in [0.05, 0.1) is 6.61 Å². The van der Waals surface area contributed by atoms with E-state index in [1.54, 1.807) is 6.07 Å². The smallest absolute Gasteiger partial charge is 0.255 e. The number of hydrogen-bond donors (Lipinski definition) is 0. The van der Waals surface area contributed by atoms with E-state index in [-0.39, 0.29) is 0 Å². The van der Waals surface area contributed by atoms with Crippen LogP contribution in [0.15, 0.2) is 12.1 Å². The lowest BCUT2D eigenvalue weighted by Gasteiger charge is -2.13. The van der Waals surface area contributed by atoms with Gasteiger partial charge in [-0.1, -0.05) is 27.5 Å². The maximum absolute atomic E-state index is 12.6. The van der Waals surface area contributed by atoms with Crippen molar-refractivity contribution in [3.63, 3.8) is 0 Å². The fourth-order valence-electron chi connectivity index (χ4n) is 1.64. The molecule has 1 aromatic rings. The van der Waals surface area contributed by atoms with Gasteiger partial charge in [0.15, 0.2) is 0 Å². The molecule has 1 aliphatic rings. The summed E-state index contributed by atoms with van der Waals surface area (Å²) in [5.74, 6) is 0.557. The van der Waals surface area contributed by atoms with Crippen LogP contribution in [0.1, 0.15) is 16.0 Å². The zero-order valence-electron chi connectivity index (χ0n) is 7.64. The van der Waals surface area contributed by atoms with E-state index in [1.165, 1.54) is 6.07 Å². The van der Waals surface area contributed by atoms with E-state index in [2.05, 4.69) is 15.9 Å². The van der Waals surface area contributed by atoms with Gasteiger partial charge in [-0.3, -0.25) is 0 Å². The quantitative estimate of drug-likeness (QED) is 0.750. The van der Waals surface area contributed by atoms with Gasteiger partial charge in [-0.25, -0.2) is 8.78 Å². The standard InChI is InChI=1S/C10H8BrClF2O/c11-8(10(13)14)7-4-6(12)3-5-1-2-15-9(5)7/h3-4,8,10H,1-2H2. The van der Waals surface area contributed by atoms with Crippen LogP contribution in [0, 0.1) is 0 Å². The zero-order valence-corrected chi connectivity index (χ0v) is 9.99. The molecule has 0 fully saturated rings. The first-order valence-electron chi connectivity index (χ1n) is 4.47. The van der Waals surface area contributed by atoms with Crippen LogP contribution >= 0.6 is 27.5 Å². The first-order chi connectivity index (χ1) is 7.09. The molecule has 2 rings (SSSR count). The molecule has 5 heteroatoms. The van der Waals surface area contributed by atoms with Gasteiger partial charge in [0.25, 0.3) is 6.43 Å². The van der Waals surface area contributed by atoms with Gasteiger partial charge in [0.2, 0.25) is 0 Å². The monoisotopic (exact) mass is 296 g/mol. The van der Waals surface area contributed by atoms with E-state index < -0.39 is 11.3 Å². The highest BCUT2D eigenvalue weighted by Crippen LogP contribution is 2.41. The van der Waals surface area contributed by atoms with Gasteiger partial charge in [-0.15, -0.1) is 0 Å². The second-order valence-electron chi connectivity index (χ2n) is 3.32. The lowest BCUT2D eigenvalue weighted by Crippen LogP contribution is -2.03. The Hall–Kier alpha value is -0.350. The Morgan fingerprint density at radius 1 is 1.40 bits per heavy atom. The number of fused-ring (bicyclic) bond motifs is 1. The summed E-state index contributed by atoms with van der Waals surface area (Å²) in [5.41, 5.74) is 1.34. The predicted octanol–water partition coefficient (Wildman–Crippen LogP) is 3.98. The first-order valence-corrected chi connectivity index (χ1v) is 5.76. The molecule has 0 amide bonds. The van der Waals surface area contributed by atoms with Gasteiger partial charge < -0.3 is 4.74 Å². The average Bonchev–Trinajstić information content (AvgIpc) is 2.62. The topological polar surface area (TPSA) is 9.23 Å². The van der Waals surface area contributed by atoms with Crippen molar-refractivity contribution < 1.29 is 13.5 Å². The van der Waals surface area contributed by atoms with Crippen LogP contribution in [-0.4, -0.2) is 13.0 Å². The molecule has 82 valence electrons. The average molecular weight is 298 g/mol. The fourth-order valence-corrected chi connectivity index (χ4v) is 2.23. The highest BCUT2D eigenvalue weighted by Gasteiger charge is 2.27. The minimum Gasteiger partial charge on any atom is -0.493 e. The largest absolute Gasteiger partial charge is 0.493 e. The summed E-state index contributed by atoms with van der Waals surface area (Å²) >= 11 is 8.81. The van der Waals surface area contributed by atoms with Crippen molar-refractivity contribution in [2.75, 3.05) is 6.61 Å². The minimum atomic E-state index is -2.48. The number of alkyl halides is 3. The van der Waals surface area contributed by atoms with Crippen molar-refractivity contribution in [1.82, 2.24) is 0 Å². The number of benzene rings is 1. The molecule has 0 aliphatic carbocycles. The third-order valence-corrected chi connectivity index (χ3v) is 3.41. The zero-order chi connectivity index (χ0) is 11.0. The Kier molecular flexibility index (Phi) is 3.16. The summed E-state index contributed by atoms with van der Waals surface area (Å²) in [4.78, 5) is -1.02. The summed E-state index contributed by atoms with van der Waals surface area (Å²) in [6.07, 6.45) is -1.75. The lowest BCUT2D eigenvalue weighted by molar-refractivity contribution is 0.146. The maximum Gasteiger partial charge on any atom is 0.255 e. The molecule has 15 heavy (non-hydrogen) atoms. The highest BCUT2D eigenvalue weighted by atomic mass is 79.9. The molecule has 0 spiro atoms. The molecule has 0 saturated carbocycles. The number of rotatable bonds is 2. The Morgan fingerprint density at radius 2 is 2.13 bits per heavy atom. The van der Waals surface area contributed by atoms with Gasteiger partial charge in [0.1, 0.15) is 10.6 Å². The molecule has 1 nitrogen and oxygen atoms in total. The van der Waals surface area contributed by atoms with Crippen LogP contribution in [0.2, 0.25) is 5.02 Å². The van der Waals surface area contributed by atoms with Crippen molar-refractivity contribution in [1.29, 1.82) is 0 Å². The molecule has 0 saturated heterocycles. The third-order valence-electron chi connectivity index (χ3n) is 2.30. The molecule has 0 radical (unpaired) electrons. The third kappa shape index (κ3) is 2.11. The molecular formula is C10H8BrClF2O. The maximum atomic E-state index is 12.6. The summed E-state index contributed by atoms with van der Waals surface area (Å²) in [6, 6.07) is 3.29. The van der Waals surface area contributed by atoms with Gasteiger partial charge in [-0.2, -0.15) is 0 Å². The van der Waals surface area contributed by atoms with Crippen LogP contribution in [0.5, 0.6) is 5.75 Å². The van der Waals surface area contributed by atoms with Crippen molar-refractivity contribution in [3.05, 3.63) is 28.3 Å². The summed E-state index contributed by atoms with van der Waals surface area (Å²) < 4.78 is 30.5. The molecule has 0 bridgehead atoms. The molecule has 1 aromatic carbocycles. The van der Waals surface area contributed by atoms with E-state index in [0.717, 1.165) is 12.0 Å². The van der Waals surface area contributed by atoms with E-state index in [4.69, 9.17) is 16.3 Å². The molecule has 0 N–H and O–H groups in total. The van der Waals surface area contributed by atoms with Crippen molar-refractivity contribution in [2.24, 2.45) is 0 Å². The van der Waals surface area contributed by atoms with Crippen molar-refractivity contribution >= 4 is 27.5 Å². The molecule has 1 aliphatic heterocycles. The molecular weight excluding hydrogens is 289 g/mol. The molecule has 1 heterocycles. The summed E-state index contributed by atoms with van der Waals surface area (Å²) in [6.45, 7) is 0.533.